The van der Waals surface area contributed by atoms with E-state index in [1.165, 1.54) is 0 Å². The zero-order valence-electron chi connectivity index (χ0n) is 10.0. The van der Waals surface area contributed by atoms with Gasteiger partial charge in [-0.25, -0.2) is 0 Å². The van der Waals surface area contributed by atoms with E-state index >= 15 is 0 Å². The van der Waals surface area contributed by atoms with Gasteiger partial charge in [0, 0.05) is 12.3 Å². The smallest absolute Gasteiger partial charge is 0.220 e. The van der Waals surface area contributed by atoms with Crippen molar-refractivity contribution >= 4 is 11.8 Å². The third-order valence-corrected chi connectivity index (χ3v) is 2.82. The Labute approximate surface area is 91.4 Å². The summed E-state index contributed by atoms with van der Waals surface area (Å²) in [5.74, 6) is -1.09. The van der Waals surface area contributed by atoms with E-state index in [0.29, 0.717) is 6.42 Å². The highest BCUT2D eigenvalue weighted by Crippen LogP contribution is 2.36. The van der Waals surface area contributed by atoms with Gasteiger partial charge >= 0.3 is 0 Å². The van der Waals surface area contributed by atoms with Crippen LogP contribution in [0.25, 0.3) is 0 Å². The van der Waals surface area contributed by atoms with Crippen molar-refractivity contribution < 1.29 is 9.59 Å². The van der Waals surface area contributed by atoms with E-state index in [2.05, 4.69) is 0 Å². The van der Waals surface area contributed by atoms with Gasteiger partial charge in [-0.05, 0) is 17.8 Å². The van der Waals surface area contributed by atoms with Crippen molar-refractivity contribution in [2.24, 2.45) is 28.7 Å². The van der Waals surface area contributed by atoms with Crippen molar-refractivity contribution in [1.82, 2.24) is 0 Å². The Morgan fingerprint density at radius 2 is 1.67 bits per heavy atom. The molecule has 2 atom stereocenters. The predicted octanol–water partition coefficient (Wildman–Crippen LogP) is 1.04. The molecule has 0 spiro atoms. The molecule has 0 aromatic heterocycles. The predicted molar refractivity (Wildman–Crippen MR) is 59.7 cm³/mol. The molecular weight excluding hydrogens is 192 g/mol. The summed E-state index contributed by atoms with van der Waals surface area (Å²) in [5, 5.41) is 0. The number of nitrogens with two attached hydrogens (primary N) is 2. The summed E-state index contributed by atoms with van der Waals surface area (Å²) in [5.41, 5.74) is 10.4. The van der Waals surface area contributed by atoms with Crippen LogP contribution in [-0.4, -0.2) is 11.8 Å². The number of primary amides is 2. The topological polar surface area (TPSA) is 86.2 Å². The molecule has 4 nitrogen and oxygen atoms in total. The van der Waals surface area contributed by atoms with Gasteiger partial charge in [0.15, 0.2) is 0 Å². The van der Waals surface area contributed by atoms with Crippen molar-refractivity contribution in [1.29, 1.82) is 0 Å². The summed E-state index contributed by atoms with van der Waals surface area (Å²) in [6, 6.07) is 0. The molecule has 0 aliphatic heterocycles. The van der Waals surface area contributed by atoms with Crippen molar-refractivity contribution in [3.8, 4) is 0 Å². The lowest BCUT2D eigenvalue weighted by molar-refractivity contribution is -0.127. The van der Waals surface area contributed by atoms with Crippen LogP contribution in [-0.2, 0) is 9.59 Å². The van der Waals surface area contributed by atoms with Gasteiger partial charge < -0.3 is 11.5 Å². The molecule has 4 N–H and O–H groups in total. The normalized spacial score (nSPS) is 15.7. The number of amides is 2. The highest BCUT2D eigenvalue weighted by atomic mass is 16.1. The molecule has 2 amide bonds. The molecule has 15 heavy (non-hydrogen) atoms. The monoisotopic (exact) mass is 214 g/mol. The maximum absolute atomic E-state index is 11.3. The van der Waals surface area contributed by atoms with Crippen LogP contribution in [0.1, 0.15) is 40.5 Å². The number of carbonyl (C=O) groups is 2. The molecule has 0 saturated carbocycles. The van der Waals surface area contributed by atoms with Crippen LogP contribution in [0, 0.1) is 17.3 Å². The first-order chi connectivity index (χ1) is 6.70. The van der Waals surface area contributed by atoms with E-state index in [-0.39, 0.29) is 35.5 Å². The van der Waals surface area contributed by atoms with Crippen molar-refractivity contribution in [3.05, 3.63) is 0 Å². The number of rotatable bonds is 5. The lowest BCUT2D eigenvalue weighted by Crippen LogP contribution is -2.38. The van der Waals surface area contributed by atoms with Gasteiger partial charge in [-0.2, -0.15) is 0 Å². The van der Waals surface area contributed by atoms with Crippen molar-refractivity contribution in [2.45, 2.75) is 40.5 Å². The minimum atomic E-state index is -0.380. The molecule has 0 saturated heterocycles. The van der Waals surface area contributed by atoms with E-state index in [0.717, 1.165) is 0 Å². The number of hydrogen-bond donors (Lipinski definition) is 2. The Kier molecular flexibility index (Phi) is 4.78. The zero-order chi connectivity index (χ0) is 12.2. The SMILES string of the molecule is CCC(C(N)=O)C(CC(N)=O)C(C)(C)C. The van der Waals surface area contributed by atoms with Crippen LogP contribution in [0.4, 0.5) is 0 Å². The second-order valence-corrected chi connectivity index (χ2v) is 5.06. The van der Waals surface area contributed by atoms with Crippen LogP contribution in [0.5, 0.6) is 0 Å². The summed E-state index contributed by atoms with van der Waals surface area (Å²) in [6.45, 7) is 7.87. The number of carbonyl (C=O) groups excluding carboxylic acids is 2. The van der Waals surface area contributed by atoms with Gasteiger partial charge in [0.05, 0.1) is 0 Å². The van der Waals surface area contributed by atoms with Gasteiger partial charge in [0.2, 0.25) is 11.8 Å². The molecule has 0 aliphatic rings. The second kappa shape index (κ2) is 5.14. The van der Waals surface area contributed by atoms with Crippen molar-refractivity contribution in [2.75, 3.05) is 0 Å². The second-order valence-electron chi connectivity index (χ2n) is 5.06. The first kappa shape index (κ1) is 13.9. The Hall–Kier alpha value is -1.06. The quantitative estimate of drug-likeness (QED) is 0.716. The molecule has 0 heterocycles. The highest BCUT2D eigenvalue weighted by Gasteiger charge is 2.35. The van der Waals surface area contributed by atoms with E-state index in [1.807, 2.05) is 27.7 Å². The first-order valence-electron chi connectivity index (χ1n) is 5.27. The molecule has 0 fully saturated rings. The molecule has 0 rings (SSSR count). The van der Waals surface area contributed by atoms with Gasteiger partial charge in [-0.15, -0.1) is 0 Å². The van der Waals surface area contributed by atoms with Crippen LogP contribution in [0.3, 0.4) is 0 Å². The third kappa shape index (κ3) is 4.32. The van der Waals surface area contributed by atoms with Crippen LogP contribution in [0.2, 0.25) is 0 Å². The molecule has 0 aromatic rings. The van der Waals surface area contributed by atoms with Gasteiger partial charge in [-0.1, -0.05) is 27.7 Å². The van der Waals surface area contributed by atoms with Crippen LogP contribution in [0.15, 0.2) is 0 Å². The summed E-state index contributed by atoms with van der Waals surface area (Å²) in [6.07, 6.45) is 0.857. The fourth-order valence-corrected chi connectivity index (χ4v) is 1.95. The molecular formula is C11H22N2O2. The van der Waals surface area contributed by atoms with E-state index in [4.69, 9.17) is 11.5 Å². The summed E-state index contributed by atoms with van der Waals surface area (Å²) in [7, 11) is 0. The Morgan fingerprint density at radius 3 is 1.87 bits per heavy atom. The van der Waals surface area contributed by atoms with Crippen molar-refractivity contribution in [3.63, 3.8) is 0 Å². The average molecular weight is 214 g/mol. The lowest BCUT2D eigenvalue weighted by atomic mass is 9.70. The molecule has 4 heteroatoms. The summed E-state index contributed by atoms with van der Waals surface area (Å²) in [4.78, 5) is 22.2. The fourth-order valence-electron chi connectivity index (χ4n) is 1.95. The van der Waals surface area contributed by atoms with Crippen LogP contribution < -0.4 is 11.5 Å². The fraction of sp³-hybridized carbons (Fsp3) is 0.818. The van der Waals surface area contributed by atoms with Gasteiger partial charge in [-0.3, -0.25) is 9.59 Å². The molecule has 0 radical (unpaired) electrons. The largest absolute Gasteiger partial charge is 0.370 e. The summed E-state index contributed by atoms with van der Waals surface area (Å²) < 4.78 is 0. The molecule has 0 aromatic carbocycles. The minimum absolute atomic E-state index is 0.0856. The average Bonchev–Trinajstić information content (AvgIpc) is 2.00. The highest BCUT2D eigenvalue weighted by molar-refractivity contribution is 5.79. The molecule has 0 bridgehead atoms. The Balaban J connectivity index is 4.90. The van der Waals surface area contributed by atoms with E-state index in [9.17, 15) is 9.59 Å². The van der Waals surface area contributed by atoms with E-state index in [1.54, 1.807) is 0 Å². The molecule has 0 aliphatic carbocycles. The Morgan fingerprint density at radius 1 is 1.20 bits per heavy atom. The lowest BCUT2D eigenvalue weighted by Gasteiger charge is -2.34. The zero-order valence-corrected chi connectivity index (χ0v) is 10.0. The van der Waals surface area contributed by atoms with Gasteiger partial charge in [0.25, 0.3) is 0 Å². The van der Waals surface area contributed by atoms with E-state index < -0.39 is 0 Å². The van der Waals surface area contributed by atoms with Crippen LogP contribution >= 0.6 is 0 Å². The standard InChI is InChI=1S/C11H22N2O2/c1-5-7(10(13)15)8(6-9(12)14)11(2,3)4/h7-8H,5-6H2,1-4H3,(H2,12,14)(H2,13,15). The van der Waals surface area contributed by atoms with Gasteiger partial charge in [0.1, 0.15) is 0 Å². The third-order valence-electron chi connectivity index (χ3n) is 2.82. The summed E-state index contributed by atoms with van der Waals surface area (Å²) >= 11 is 0. The number of hydrogen-bond acceptors (Lipinski definition) is 2. The molecule has 2 unspecified atom stereocenters. The molecule has 88 valence electrons. The maximum atomic E-state index is 11.3. The Bertz CT molecular complexity index is 243. The first-order valence-corrected chi connectivity index (χ1v) is 5.27. The maximum Gasteiger partial charge on any atom is 0.220 e. The minimum Gasteiger partial charge on any atom is -0.370 e.